The highest BCUT2D eigenvalue weighted by atomic mass is 35.5. The number of sulfone groups is 1. The van der Waals surface area contributed by atoms with E-state index < -0.39 is 25.1 Å². The summed E-state index contributed by atoms with van der Waals surface area (Å²) < 4.78 is 51.4. The van der Waals surface area contributed by atoms with Crippen LogP contribution in [0.5, 0.6) is 0 Å². The van der Waals surface area contributed by atoms with E-state index in [1.165, 1.54) is 16.4 Å². The maximum Gasteiger partial charge on any atom is 0.243 e. The van der Waals surface area contributed by atoms with Crippen molar-refractivity contribution in [3.63, 3.8) is 0 Å². The molecule has 0 amide bonds. The van der Waals surface area contributed by atoms with Gasteiger partial charge in [0.2, 0.25) is 10.0 Å². The van der Waals surface area contributed by atoms with Gasteiger partial charge in [-0.05, 0) is 43.4 Å². The molecule has 0 aliphatic carbocycles. The number of nitrogens with zero attached hydrogens (tertiary/aromatic N) is 1. The van der Waals surface area contributed by atoms with Gasteiger partial charge in [-0.25, -0.2) is 16.8 Å². The van der Waals surface area contributed by atoms with Crippen LogP contribution in [0, 0.1) is 12.8 Å². The molecule has 24 heavy (non-hydrogen) atoms. The van der Waals surface area contributed by atoms with Crippen molar-refractivity contribution < 1.29 is 16.8 Å². The third-order valence-electron chi connectivity index (χ3n) is 4.26. The zero-order chi connectivity index (χ0) is 18.1. The van der Waals surface area contributed by atoms with E-state index in [-0.39, 0.29) is 29.7 Å². The minimum absolute atomic E-state index is 0.0754. The quantitative estimate of drug-likeness (QED) is 0.771. The molecule has 0 unspecified atom stereocenters. The van der Waals surface area contributed by atoms with Gasteiger partial charge in [0.15, 0.2) is 9.84 Å². The Balaban J connectivity index is 2.12. The summed E-state index contributed by atoms with van der Waals surface area (Å²) in [6, 6.07) is 4.67. The lowest BCUT2D eigenvalue weighted by molar-refractivity contribution is 0.345. The van der Waals surface area contributed by atoms with Crippen molar-refractivity contribution >= 4 is 31.5 Å². The molecular weight excluding hydrogens is 370 g/mol. The molecule has 1 aromatic rings. The van der Waals surface area contributed by atoms with Gasteiger partial charge in [-0.2, -0.15) is 4.31 Å². The highest BCUT2D eigenvalue weighted by molar-refractivity contribution is 7.92. The van der Waals surface area contributed by atoms with Crippen molar-refractivity contribution in [2.75, 3.05) is 18.8 Å². The van der Waals surface area contributed by atoms with Gasteiger partial charge in [-0.1, -0.05) is 31.5 Å². The Kier molecular flexibility index (Phi) is 6.00. The molecule has 1 saturated heterocycles. The molecule has 0 atom stereocenters. The molecule has 5 nitrogen and oxygen atoms in total. The fraction of sp³-hybridized carbons (Fsp3) is 0.625. The Morgan fingerprint density at radius 1 is 1.17 bits per heavy atom. The summed E-state index contributed by atoms with van der Waals surface area (Å²) in [6.07, 6.45) is 0.682. The van der Waals surface area contributed by atoms with E-state index >= 15 is 0 Å². The number of hydrogen-bond donors (Lipinski definition) is 0. The second kappa shape index (κ2) is 7.32. The van der Waals surface area contributed by atoms with Crippen LogP contribution in [0.4, 0.5) is 0 Å². The van der Waals surface area contributed by atoms with Gasteiger partial charge in [-0.15, -0.1) is 0 Å². The van der Waals surface area contributed by atoms with E-state index in [0.717, 1.165) is 5.56 Å². The molecule has 136 valence electrons. The normalized spacial score (nSPS) is 18.2. The van der Waals surface area contributed by atoms with Crippen molar-refractivity contribution in [2.24, 2.45) is 5.92 Å². The molecule has 8 heteroatoms. The summed E-state index contributed by atoms with van der Waals surface area (Å²) in [5.41, 5.74) is 0.814. The van der Waals surface area contributed by atoms with Crippen LogP contribution in [0.15, 0.2) is 23.1 Å². The molecule has 1 aliphatic heterocycles. The Labute approximate surface area is 150 Å². The summed E-state index contributed by atoms with van der Waals surface area (Å²) in [5.74, 6) is 0.226. The summed E-state index contributed by atoms with van der Waals surface area (Å²) in [6.45, 7) is 5.99. The van der Waals surface area contributed by atoms with E-state index in [2.05, 4.69) is 0 Å². The van der Waals surface area contributed by atoms with Crippen molar-refractivity contribution in [3.05, 3.63) is 28.8 Å². The average molecular weight is 394 g/mol. The molecule has 0 N–H and O–H groups in total. The van der Waals surface area contributed by atoms with Crippen LogP contribution in [0.3, 0.4) is 0 Å². The lowest BCUT2D eigenvalue weighted by atomic mass is 10.2. The molecule has 0 spiro atoms. The largest absolute Gasteiger partial charge is 0.243 e. The van der Waals surface area contributed by atoms with Crippen LogP contribution < -0.4 is 0 Å². The molecule has 0 aromatic heterocycles. The average Bonchev–Trinajstić information content (AvgIpc) is 2.49. The van der Waals surface area contributed by atoms with Crippen LogP contribution in [0.2, 0.25) is 5.02 Å². The van der Waals surface area contributed by atoms with E-state index in [0.29, 0.717) is 17.9 Å². The summed E-state index contributed by atoms with van der Waals surface area (Å²) in [4.78, 5) is 0.154. The zero-order valence-corrected chi connectivity index (χ0v) is 16.6. The Bertz CT molecular complexity index is 795. The number of sulfonamides is 1. The number of rotatable bonds is 5. The molecule has 1 aromatic carbocycles. The van der Waals surface area contributed by atoms with Crippen molar-refractivity contribution in [3.8, 4) is 0 Å². The first-order valence-electron chi connectivity index (χ1n) is 8.02. The molecule has 1 aliphatic rings. The van der Waals surface area contributed by atoms with Crippen molar-refractivity contribution in [1.82, 2.24) is 4.31 Å². The summed E-state index contributed by atoms with van der Waals surface area (Å²) in [7, 11) is -6.81. The zero-order valence-electron chi connectivity index (χ0n) is 14.2. The fourth-order valence-corrected chi connectivity index (χ4v) is 6.79. The lowest BCUT2D eigenvalue weighted by Crippen LogP contribution is -2.43. The Hall–Kier alpha value is -0.630. The van der Waals surface area contributed by atoms with Crippen LogP contribution in [-0.4, -0.2) is 45.2 Å². The predicted molar refractivity (Wildman–Crippen MR) is 96.6 cm³/mol. The fourth-order valence-electron chi connectivity index (χ4n) is 2.92. The highest BCUT2D eigenvalue weighted by Crippen LogP contribution is 2.27. The minimum atomic E-state index is -3.64. The van der Waals surface area contributed by atoms with Crippen molar-refractivity contribution in [2.45, 2.75) is 43.8 Å². The van der Waals surface area contributed by atoms with Gasteiger partial charge in [0.1, 0.15) is 0 Å². The maximum absolute atomic E-state index is 12.7. The van der Waals surface area contributed by atoms with Gasteiger partial charge >= 0.3 is 0 Å². The first-order valence-corrected chi connectivity index (χ1v) is 11.6. The number of aryl methyl sites for hydroxylation is 1. The maximum atomic E-state index is 12.7. The second-order valence-electron chi connectivity index (χ2n) is 6.74. The minimum Gasteiger partial charge on any atom is -0.229 e. The van der Waals surface area contributed by atoms with Crippen LogP contribution >= 0.6 is 11.6 Å². The van der Waals surface area contributed by atoms with E-state index in [9.17, 15) is 16.8 Å². The third-order valence-corrected chi connectivity index (χ3v) is 9.18. The third kappa shape index (κ3) is 4.31. The van der Waals surface area contributed by atoms with E-state index in [1.807, 2.05) is 20.8 Å². The van der Waals surface area contributed by atoms with Crippen LogP contribution in [-0.2, 0) is 19.9 Å². The number of piperidine rings is 1. The molecule has 2 rings (SSSR count). The monoisotopic (exact) mass is 393 g/mol. The Morgan fingerprint density at radius 2 is 1.75 bits per heavy atom. The Morgan fingerprint density at radius 3 is 2.25 bits per heavy atom. The van der Waals surface area contributed by atoms with Gasteiger partial charge in [-0.3, -0.25) is 0 Å². The molecule has 0 saturated carbocycles. The smallest absolute Gasteiger partial charge is 0.229 e. The van der Waals surface area contributed by atoms with Crippen LogP contribution in [0.25, 0.3) is 0 Å². The van der Waals surface area contributed by atoms with Gasteiger partial charge in [0.25, 0.3) is 0 Å². The molecule has 0 bridgehead atoms. The van der Waals surface area contributed by atoms with E-state index in [1.54, 1.807) is 6.07 Å². The number of benzene rings is 1. The first-order chi connectivity index (χ1) is 11.0. The molecule has 0 radical (unpaired) electrons. The van der Waals surface area contributed by atoms with Gasteiger partial charge < -0.3 is 0 Å². The van der Waals surface area contributed by atoms with Crippen LogP contribution in [0.1, 0.15) is 32.3 Å². The summed E-state index contributed by atoms with van der Waals surface area (Å²) >= 11 is 6.03. The lowest BCUT2D eigenvalue weighted by Gasteiger charge is -2.31. The predicted octanol–water partition coefficient (Wildman–Crippen LogP) is 2.87. The standard InChI is InChI=1S/C16H24ClNO4S2/c1-12(2)11-23(19,20)14-6-8-18(9-7-14)24(21,22)15-5-4-13(3)16(17)10-15/h4-5,10,12,14H,6-9,11H2,1-3H3. The van der Waals surface area contributed by atoms with Crippen molar-refractivity contribution in [1.29, 1.82) is 0 Å². The topological polar surface area (TPSA) is 71.5 Å². The molecule has 1 heterocycles. The second-order valence-corrected chi connectivity index (χ2v) is 11.4. The number of hydrogen-bond acceptors (Lipinski definition) is 4. The first kappa shape index (κ1) is 19.7. The SMILES string of the molecule is Cc1ccc(S(=O)(=O)N2CCC(S(=O)(=O)CC(C)C)CC2)cc1Cl. The molecule has 1 fully saturated rings. The molecular formula is C16H24ClNO4S2. The van der Waals surface area contributed by atoms with Gasteiger partial charge in [0, 0.05) is 18.1 Å². The number of halogens is 1. The highest BCUT2D eigenvalue weighted by Gasteiger charge is 2.35. The van der Waals surface area contributed by atoms with Gasteiger partial charge in [0.05, 0.1) is 15.9 Å². The summed E-state index contributed by atoms with van der Waals surface area (Å²) in [5, 5.41) is -0.0431. The van der Waals surface area contributed by atoms with E-state index in [4.69, 9.17) is 11.6 Å².